The van der Waals surface area contributed by atoms with Gasteiger partial charge in [0.25, 0.3) is 0 Å². The molecule has 1 saturated heterocycles. The molecule has 1 fully saturated rings. The summed E-state index contributed by atoms with van der Waals surface area (Å²) in [4.78, 5) is 24.2. The summed E-state index contributed by atoms with van der Waals surface area (Å²) in [7, 11) is 0. The molecule has 1 amide bonds. The minimum Gasteiger partial charge on any atom is -0.494 e. The zero-order valence-corrected chi connectivity index (χ0v) is 14.8. The van der Waals surface area contributed by atoms with Crippen molar-refractivity contribution < 1.29 is 32.6 Å². The van der Waals surface area contributed by atoms with Crippen molar-refractivity contribution in [1.29, 1.82) is 0 Å². The number of hydrogen-bond donors (Lipinski definition) is 2. The number of amides is 1. The number of nitrogens with one attached hydrogen (secondary N) is 1. The van der Waals surface area contributed by atoms with E-state index in [0.717, 1.165) is 0 Å². The Balaban J connectivity index is 0.00000338. The molecule has 2 rings (SSSR count). The first-order valence-electron chi connectivity index (χ1n) is 7.75. The van der Waals surface area contributed by atoms with Gasteiger partial charge in [0.05, 0.1) is 25.0 Å². The first-order valence-corrected chi connectivity index (χ1v) is 7.75. The molecule has 6 nitrogen and oxygen atoms in total. The van der Waals surface area contributed by atoms with Crippen molar-refractivity contribution >= 4 is 30.0 Å². The van der Waals surface area contributed by atoms with E-state index in [0.29, 0.717) is 18.0 Å². The lowest BCUT2D eigenvalue weighted by molar-refractivity contribution is -0.188. The number of carboxylic acid groups (broad SMARTS) is 1. The Kier molecular flexibility index (Phi) is 7.70. The Hall–Kier alpha value is -2.00. The number of ether oxygens (including phenoxy) is 1. The zero-order chi connectivity index (χ0) is 18.6. The van der Waals surface area contributed by atoms with Crippen LogP contribution >= 0.6 is 12.4 Å². The largest absolute Gasteiger partial charge is 0.494 e. The van der Waals surface area contributed by atoms with Crippen LogP contribution in [0.1, 0.15) is 6.92 Å². The summed E-state index contributed by atoms with van der Waals surface area (Å²) in [5.41, 5.74) is 0.481. The minimum absolute atomic E-state index is 0. The van der Waals surface area contributed by atoms with E-state index in [1.165, 1.54) is 4.90 Å². The average molecular weight is 397 g/mol. The van der Waals surface area contributed by atoms with Crippen LogP contribution in [0.15, 0.2) is 24.3 Å². The molecule has 1 aromatic carbocycles. The van der Waals surface area contributed by atoms with Crippen molar-refractivity contribution in [3.05, 3.63) is 24.3 Å². The number of carbonyl (C=O) groups is 2. The molecular weight excluding hydrogens is 377 g/mol. The maximum absolute atomic E-state index is 12.9. The molecule has 0 aliphatic carbocycles. The van der Waals surface area contributed by atoms with Crippen LogP contribution in [0.5, 0.6) is 5.75 Å². The van der Waals surface area contributed by atoms with Crippen LogP contribution in [-0.4, -0.2) is 54.3 Å². The summed E-state index contributed by atoms with van der Waals surface area (Å²) in [6, 6.07) is 6.56. The molecule has 0 radical (unpaired) electrons. The number of likely N-dealkylation sites (tertiary alicyclic amines) is 1. The molecule has 1 aromatic rings. The standard InChI is InChI=1S/C16H19F3N2O4.ClH/c1-2-25-11-5-3-10(4-6-11)20-14(22)9-21-7-12(15(23)24)13(8-21)16(17,18)19;/h3-6,12-13H,2,7-9H2,1H3,(H,20,22)(H,23,24);1H/t12-,13-;/m1./s1. The van der Waals surface area contributed by atoms with Gasteiger partial charge in [0.15, 0.2) is 0 Å². The summed E-state index contributed by atoms with van der Waals surface area (Å²) in [5, 5.41) is 11.5. The van der Waals surface area contributed by atoms with Gasteiger partial charge in [-0.3, -0.25) is 14.5 Å². The number of halogens is 4. The molecule has 1 heterocycles. The fourth-order valence-corrected chi connectivity index (χ4v) is 2.80. The van der Waals surface area contributed by atoms with Gasteiger partial charge in [-0.25, -0.2) is 0 Å². The Morgan fingerprint density at radius 2 is 1.88 bits per heavy atom. The Morgan fingerprint density at radius 1 is 1.27 bits per heavy atom. The predicted octanol–water partition coefficient (Wildman–Crippen LogP) is 2.64. The Bertz CT molecular complexity index is 625. The molecule has 1 aliphatic heterocycles. The predicted molar refractivity (Wildman–Crippen MR) is 90.6 cm³/mol. The fraction of sp³-hybridized carbons (Fsp3) is 0.500. The highest BCUT2D eigenvalue weighted by Crippen LogP contribution is 2.37. The number of carboxylic acids is 1. The molecule has 26 heavy (non-hydrogen) atoms. The SMILES string of the molecule is CCOc1ccc(NC(=O)CN2C[C@@H](C(F)(F)F)[C@H](C(=O)O)C2)cc1.Cl. The summed E-state index contributed by atoms with van der Waals surface area (Å²) < 4.78 is 44.0. The van der Waals surface area contributed by atoms with Gasteiger partial charge in [-0.05, 0) is 31.2 Å². The molecule has 10 heteroatoms. The average Bonchev–Trinajstić information content (AvgIpc) is 2.94. The monoisotopic (exact) mass is 396 g/mol. The number of aliphatic carboxylic acids is 1. The van der Waals surface area contributed by atoms with Gasteiger partial charge in [-0.2, -0.15) is 13.2 Å². The Labute approximate surface area is 154 Å². The van der Waals surface area contributed by atoms with Crippen LogP contribution in [0.4, 0.5) is 18.9 Å². The van der Waals surface area contributed by atoms with Gasteiger partial charge < -0.3 is 15.2 Å². The second kappa shape index (κ2) is 9.09. The van der Waals surface area contributed by atoms with E-state index in [4.69, 9.17) is 9.84 Å². The fourth-order valence-electron chi connectivity index (χ4n) is 2.80. The molecule has 1 aliphatic rings. The summed E-state index contributed by atoms with van der Waals surface area (Å²) in [5.74, 6) is -4.90. The number of anilines is 1. The van der Waals surface area contributed by atoms with Gasteiger partial charge in [0.2, 0.25) is 5.91 Å². The first kappa shape index (κ1) is 22.0. The van der Waals surface area contributed by atoms with Crippen LogP contribution in [0.3, 0.4) is 0 Å². The zero-order valence-electron chi connectivity index (χ0n) is 14.0. The molecule has 0 spiro atoms. The second-order valence-corrected chi connectivity index (χ2v) is 5.79. The molecule has 0 saturated carbocycles. The van der Waals surface area contributed by atoms with Crippen LogP contribution in [0.25, 0.3) is 0 Å². The number of nitrogens with zero attached hydrogens (tertiary/aromatic N) is 1. The number of hydrogen-bond acceptors (Lipinski definition) is 4. The van der Waals surface area contributed by atoms with Crippen LogP contribution in [-0.2, 0) is 9.59 Å². The van der Waals surface area contributed by atoms with E-state index in [1.54, 1.807) is 24.3 Å². The third kappa shape index (κ3) is 5.77. The maximum Gasteiger partial charge on any atom is 0.393 e. The Morgan fingerprint density at radius 3 is 2.35 bits per heavy atom. The van der Waals surface area contributed by atoms with Gasteiger partial charge in [0.1, 0.15) is 5.75 Å². The molecular formula is C16H20ClF3N2O4. The number of rotatable bonds is 6. The van der Waals surface area contributed by atoms with Crippen molar-refractivity contribution in [3.8, 4) is 5.75 Å². The lowest BCUT2D eigenvalue weighted by Crippen LogP contribution is -2.34. The van der Waals surface area contributed by atoms with Crippen molar-refractivity contribution in [2.24, 2.45) is 11.8 Å². The lowest BCUT2D eigenvalue weighted by atomic mass is 9.96. The van der Waals surface area contributed by atoms with Crippen LogP contribution < -0.4 is 10.1 Å². The van der Waals surface area contributed by atoms with Gasteiger partial charge in [-0.1, -0.05) is 0 Å². The van der Waals surface area contributed by atoms with Gasteiger partial charge in [0, 0.05) is 18.8 Å². The van der Waals surface area contributed by atoms with Crippen LogP contribution in [0.2, 0.25) is 0 Å². The smallest absolute Gasteiger partial charge is 0.393 e. The van der Waals surface area contributed by atoms with E-state index in [1.807, 2.05) is 6.92 Å². The van der Waals surface area contributed by atoms with Crippen molar-refractivity contribution in [1.82, 2.24) is 4.90 Å². The normalized spacial score (nSPS) is 20.3. The van der Waals surface area contributed by atoms with Crippen molar-refractivity contribution in [3.63, 3.8) is 0 Å². The number of carbonyl (C=O) groups excluding carboxylic acids is 1. The van der Waals surface area contributed by atoms with E-state index in [9.17, 15) is 22.8 Å². The summed E-state index contributed by atoms with van der Waals surface area (Å²) in [6.07, 6.45) is -4.61. The highest BCUT2D eigenvalue weighted by atomic mass is 35.5. The van der Waals surface area contributed by atoms with E-state index in [-0.39, 0.29) is 25.5 Å². The molecule has 2 N–H and O–H groups in total. The molecule has 0 aromatic heterocycles. The third-order valence-corrected chi connectivity index (χ3v) is 3.95. The highest BCUT2D eigenvalue weighted by molar-refractivity contribution is 5.92. The lowest BCUT2D eigenvalue weighted by Gasteiger charge is -2.18. The second-order valence-electron chi connectivity index (χ2n) is 5.79. The first-order chi connectivity index (χ1) is 11.7. The number of alkyl halides is 3. The topological polar surface area (TPSA) is 78.9 Å². The highest BCUT2D eigenvalue weighted by Gasteiger charge is 2.52. The molecule has 0 unspecified atom stereocenters. The molecule has 0 bridgehead atoms. The van der Waals surface area contributed by atoms with Crippen molar-refractivity contribution in [2.75, 3.05) is 31.6 Å². The van der Waals surface area contributed by atoms with Gasteiger partial charge >= 0.3 is 12.1 Å². The summed E-state index contributed by atoms with van der Waals surface area (Å²) >= 11 is 0. The van der Waals surface area contributed by atoms with Gasteiger partial charge in [-0.15, -0.1) is 12.4 Å². The van der Waals surface area contributed by atoms with E-state index >= 15 is 0 Å². The van der Waals surface area contributed by atoms with E-state index in [2.05, 4.69) is 5.32 Å². The van der Waals surface area contributed by atoms with Crippen LogP contribution in [0, 0.1) is 11.8 Å². The third-order valence-electron chi connectivity index (χ3n) is 3.95. The molecule has 146 valence electrons. The molecule has 2 atom stereocenters. The quantitative estimate of drug-likeness (QED) is 0.773. The summed E-state index contributed by atoms with van der Waals surface area (Å²) in [6.45, 7) is 1.23. The van der Waals surface area contributed by atoms with E-state index < -0.39 is 36.4 Å². The maximum atomic E-state index is 12.9. The minimum atomic E-state index is -4.61. The van der Waals surface area contributed by atoms with Crippen molar-refractivity contribution in [2.45, 2.75) is 13.1 Å². The number of benzene rings is 1.